The number of fused-ring (bicyclic) bond motifs is 1. The number of carbonyl (C=O) groups is 1. The van der Waals surface area contributed by atoms with Gasteiger partial charge in [-0.1, -0.05) is 0 Å². The second-order valence-electron chi connectivity index (χ2n) is 4.15. The van der Waals surface area contributed by atoms with Gasteiger partial charge in [-0.15, -0.1) is 0 Å². The largest absolute Gasteiger partial charge is 0.494 e. The maximum atomic E-state index is 11.2. The van der Waals surface area contributed by atoms with Crippen molar-refractivity contribution in [2.45, 2.75) is 12.8 Å². The molecule has 1 aromatic rings. The molecule has 0 aromatic heterocycles. The summed E-state index contributed by atoms with van der Waals surface area (Å²) in [6.45, 7) is 1.75. The lowest BCUT2D eigenvalue weighted by Gasteiger charge is -2.18. The normalized spacial score (nSPS) is 13.5. The number of ether oxygens (including phenoxy) is 2. The molecule has 2 N–H and O–H groups in total. The summed E-state index contributed by atoms with van der Waals surface area (Å²) in [4.78, 5) is 11.2. The van der Waals surface area contributed by atoms with E-state index in [0.29, 0.717) is 18.0 Å². The first-order chi connectivity index (χ1) is 8.79. The Morgan fingerprint density at radius 3 is 3.17 bits per heavy atom. The quantitative estimate of drug-likeness (QED) is 0.749. The zero-order chi connectivity index (χ0) is 12.8. The molecule has 1 heterocycles. The van der Waals surface area contributed by atoms with Crippen molar-refractivity contribution in [3.63, 3.8) is 0 Å². The number of rotatable bonds is 6. The van der Waals surface area contributed by atoms with Crippen molar-refractivity contribution < 1.29 is 14.3 Å². The van der Waals surface area contributed by atoms with E-state index >= 15 is 0 Å². The van der Waals surface area contributed by atoms with Crippen molar-refractivity contribution in [3.05, 3.63) is 18.2 Å². The third kappa shape index (κ3) is 3.37. The fraction of sp³-hybridized carbons (Fsp3) is 0.462. The summed E-state index contributed by atoms with van der Waals surface area (Å²) in [6, 6.07) is 5.47. The molecule has 0 unspecified atom stereocenters. The minimum Gasteiger partial charge on any atom is -0.494 e. The minimum atomic E-state index is -0.131. The molecule has 18 heavy (non-hydrogen) atoms. The van der Waals surface area contributed by atoms with Crippen LogP contribution in [0.25, 0.3) is 0 Å². The second-order valence-corrected chi connectivity index (χ2v) is 4.15. The monoisotopic (exact) mass is 250 g/mol. The van der Waals surface area contributed by atoms with Gasteiger partial charge in [0.15, 0.2) is 6.61 Å². The number of anilines is 1. The van der Waals surface area contributed by atoms with E-state index in [1.54, 1.807) is 6.07 Å². The number of benzene rings is 1. The highest BCUT2D eigenvalue weighted by Crippen LogP contribution is 2.31. The van der Waals surface area contributed by atoms with Crippen molar-refractivity contribution in [1.29, 1.82) is 0 Å². The zero-order valence-electron chi connectivity index (χ0n) is 10.5. The van der Waals surface area contributed by atoms with Crippen LogP contribution in [0.1, 0.15) is 12.8 Å². The van der Waals surface area contributed by atoms with E-state index in [2.05, 4.69) is 10.6 Å². The summed E-state index contributed by atoms with van der Waals surface area (Å²) in [5.74, 6) is 1.31. The van der Waals surface area contributed by atoms with Gasteiger partial charge in [0, 0.05) is 6.07 Å². The van der Waals surface area contributed by atoms with E-state index in [9.17, 15) is 4.79 Å². The molecular weight excluding hydrogens is 232 g/mol. The Bertz CT molecular complexity index is 421. The van der Waals surface area contributed by atoms with Crippen LogP contribution in [0.3, 0.4) is 0 Å². The lowest BCUT2D eigenvalue weighted by molar-refractivity contribution is -0.118. The molecule has 1 aliphatic rings. The van der Waals surface area contributed by atoms with Gasteiger partial charge in [0.1, 0.15) is 11.5 Å². The third-order valence-electron chi connectivity index (χ3n) is 2.67. The second kappa shape index (κ2) is 6.26. The van der Waals surface area contributed by atoms with E-state index < -0.39 is 0 Å². The minimum absolute atomic E-state index is 0.0806. The molecule has 1 amide bonds. The summed E-state index contributed by atoms with van der Waals surface area (Å²) in [5.41, 5.74) is 0.680. The third-order valence-corrected chi connectivity index (χ3v) is 2.67. The average molecular weight is 250 g/mol. The van der Waals surface area contributed by atoms with Crippen LogP contribution in [0.15, 0.2) is 18.2 Å². The van der Waals surface area contributed by atoms with Gasteiger partial charge in [0.05, 0.1) is 12.3 Å². The number of unbranched alkanes of at least 4 members (excludes halogenated alkanes) is 1. The molecule has 5 heteroatoms. The standard InChI is InChI=1S/C13H18N2O3/c1-14-6-2-3-7-17-10-4-5-12-11(8-10)15-13(16)9-18-12/h4-5,8,14H,2-3,6-7,9H2,1H3,(H,15,16). The molecule has 0 saturated heterocycles. The summed E-state index contributed by atoms with van der Waals surface area (Å²) >= 11 is 0. The molecular formula is C13H18N2O3. The molecule has 0 radical (unpaired) electrons. The maximum Gasteiger partial charge on any atom is 0.262 e. The van der Waals surface area contributed by atoms with Crippen LogP contribution < -0.4 is 20.1 Å². The summed E-state index contributed by atoms with van der Waals surface area (Å²) in [6.07, 6.45) is 2.09. The Balaban J connectivity index is 1.86. The van der Waals surface area contributed by atoms with Gasteiger partial charge in [0.2, 0.25) is 0 Å². The predicted octanol–water partition coefficient (Wildman–Crippen LogP) is 1.40. The van der Waals surface area contributed by atoms with Crippen LogP contribution in [-0.4, -0.2) is 32.7 Å². The van der Waals surface area contributed by atoms with Gasteiger partial charge in [-0.05, 0) is 38.6 Å². The molecule has 5 nitrogen and oxygen atoms in total. The van der Waals surface area contributed by atoms with Gasteiger partial charge >= 0.3 is 0 Å². The van der Waals surface area contributed by atoms with Gasteiger partial charge < -0.3 is 20.1 Å². The fourth-order valence-corrected chi connectivity index (χ4v) is 1.75. The molecule has 1 aliphatic heterocycles. The van der Waals surface area contributed by atoms with E-state index in [1.165, 1.54) is 0 Å². The lowest BCUT2D eigenvalue weighted by atomic mass is 10.2. The molecule has 0 atom stereocenters. The van der Waals surface area contributed by atoms with Gasteiger partial charge in [-0.25, -0.2) is 0 Å². The zero-order valence-corrected chi connectivity index (χ0v) is 10.5. The highest BCUT2D eigenvalue weighted by atomic mass is 16.5. The number of amides is 1. The number of carbonyl (C=O) groups excluding carboxylic acids is 1. The highest BCUT2D eigenvalue weighted by molar-refractivity contribution is 5.95. The highest BCUT2D eigenvalue weighted by Gasteiger charge is 2.16. The average Bonchev–Trinajstić information content (AvgIpc) is 2.38. The van der Waals surface area contributed by atoms with Crippen molar-refractivity contribution in [2.24, 2.45) is 0 Å². The lowest BCUT2D eigenvalue weighted by Crippen LogP contribution is -2.25. The van der Waals surface area contributed by atoms with Crippen LogP contribution in [-0.2, 0) is 4.79 Å². The van der Waals surface area contributed by atoms with Crippen LogP contribution in [0.5, 0.6) is 11.5 Å². The fourth-order valence-electron chi connectivity index (χ4n) is 1.75. The predicted molar refractivity (Wildman–Crippen MR) is 69.2 cm³/mol. The Hall–Kier alpha value is -1.75. The van der Waals surface area contributed by atoms with Crippen molar-refractivity contribution >= 4 is 11.6 Å². The molecule has 0 spiro atoms. The van der Waals surface area contributed by atoms with Crippen LogP contribution in [0.2, 0.25) is 0 Å². The Labute approximate surface area is 106 Å². The number of nitrogens with one attached hydrogen (secondary N) is 2. The molecule has 0 aliphatic carbocycles. The summed E-state index contributed by atoms with van der Waals surface area (Å²) < 4.78 is 10.9. The first-order valence-electron chi connectivity index (χ1n) is 6.13. The van der Waals surface area contributed by atoms with Crippen molar-refractivity contribution in [3.8, 4) is 11.5 Å². The molecule has 1 aromatic carbocycles. The Morgan fingerprint density at radius 2 is 2.33 bits per heavy atom. The van der Waals surface area contributed by atoms with Crippen molar-refractivity contribution in [1.82, 2.24) is 5.32 Å². The summed E-state index contributed by atoms with van der Waals surface area (Å²) in [5, 5.41) is 5.85. The SMILES string of the molecule is CNCCCCOc1ccc2c(c1)NC(=O)CO2. The van der Waals surface area contributed by atoms with Crippen LogP contribution >= 0.6 is 0 Å². The Kier molecular flexibility index (Phi) is 4.41. The molecule has 0 saturated carbocycles. The van der Waals surface area contributed by atoms with E-state index in [-0.39, 0.29) is 12.5 Å². The molecule has 2 rings (SSSR count). The van der Waals surface area contributed by atoms with Crippen LogP contribution in [0.4, 0.5) is 5.69 Å². The number of hydrogen-bond acceptors (Lipinski definition) is 4. The maximum absolute atomic E-state index is 11.2. The van der Waals surface area contributed by atoms with Gasteiger partial charge in [-0.2, -0.15) is 0 Å². The van der Waals surface area contributed by atoms with Crippen molar-refractivity contribution in [2.75, 3.05) is 32.1 Å². The first-order valence-corrected chi connectivity index (χ1v) is 6.13. The van der Waals surface area contributed by atoms with E-state index in [4.69, 9.17) is 9.47 Å². The summed E-state index contributed by atoms with van der Waals surface area (Å²) in [7, 11) is 1.94. The molecule has 0 fully saturated rings. The van der Waals surface area contributed by atoms with Gasteiger partial charge in [0.25, 0.3) is 5.91 Å². The smallest absolute Gasteiger partial charge is 0.262 e. The van der Waals surface area contributed by atoms with E-state index in [0.717, 1.165) is 25.1 Å². The molecule has 0 bridgehead atoms. The van der Waals surface area contributed by atoms with Crippen LogP contribution in [0, 0.1) is 0 Å². The topological polar surface area (TPSA) is 59.6 Å². The van der Waals surface area contributed by atoms with Gasteiger partial charge in [-0.3, -0.25) is 4.79 Å². The van der Waals surface area contributed by atoms with E-state index in [1.807, 2.05) is 19.2 Å². The number of hydrogen-bond donors (Lipinski definition) is 2. The first kappa shape index (κ1) is 12.7. The Morgan fingerprint density at radius 1 is 1.44 bits per heavy atom. The molecule has 98 valence electrons.